The monoisotopic (exact) mass is 276 g/mol. The van der Waals surface area contributed by atoms with Crippen LogP contribution in [0.5, 0.6) is 0 Å². The Morgan fingerprint density at radius 2 is 1.76 bits per heavy atom. The first-order valence-corrected chi connectivity index (χ1v) is 7.50. The quantitative estimate of drug-likeness (QED) is 0.689. The molecule has 2 aromatic carbocycles. The van der Waals surface area contributed by atoms with Crippen molar-refractivity contribution >= 4 is 10.9 Å². The van der Waals surface area contributed by atoms with Gasteiger partial charge >= 0.3 is 0 Å². The lowest BCUT2D eigenvalue weighted by Gasteiger charge is -2.06. The largest absolute Gasteiger partial charge is 0.313 e. The summed E-state index contributed by atoms with van der Waals surface area (Å²) >= 11 is 0. The second-order valence-corrected chi connectivity index (χ2v) is 5.30. The van der Waals surface area contributed by atoms with E-state index in [0.717, 1.165) is 25.0 Å². The molecule has 2 nitrogen and oxygen atoms in total. The molecule has 0 aliphatic heterocycles. The Morgan fingerprint density at radius 1 is 0.857 bits per heavy atom. The van der Waals surface area contributed by atoms with Gasteiger partial charge in [-0.1, -0.05) is 42.5 Å². The highest BCUT2D eigenvalue weighted by atomic mass is 14.8. The predicted octanol–water partition coefficient (Wildman–Crippen LogP) is 3.96. The Balaban J connectivity index is 1.46. The number of rotatable bonds is 6. The highest BCUT2D eigenvalue weighted by Gasteiger charge is 1.97. The number of hydrogen-bond acceptors (Lipinski definition) is 2. The maximum Gasteiger partial charge on any atom is 0.0702 e. The number of pyridine rings is 1. The summed E-state index contributed by atoms with van der Waals surface area (Å²) in [7, 11) is 0. The van der Waals surface area contributed by atoms with E-state index in [4.69, 9.17) is 0 Å². The summed E-state index contributed by atoms with van der Waals surface area (Å²) in [4.78, 5) is 4.35. The van der Waals surface area contributed by atoms with E-state index in [1.807, 2.05) is 12.3 Å². The van der Waals surface area contributed by atoms with Crippen molar-refractivity contribution in [1.82, 2.24) is 10.3 Å². The first kappa shape index (κ1) is 13.8. The number of hydrogen-bond donors (Lipinski definition) is 1. The van der Waals surface area contributed by atoms with E-state index in [0.29, 0.717) is 0 Å². The van der Waals surface area contributed by atoms with Crippen LogP contribution in [0, 0.1) is 0 Å². The van der Waals surface area contributed by atoms with Crippen LogP contribution in [-0.2, 0) is 13.0 Å². The first-order valence-electron chi connectivity index (χ1n) is 7.50. The zero-order valence-corrected chi connectivity index (χ0v) is 12.1. The molecule has 106 valence electrons. The molecule has 1 aromatic heterocycles. The summed E-state index contributed by atoms with van der Waals surface area (Å²) in [6.45, 7) is 1.96. The van der Waals surface area contributed by atoms with Crippen molar-refractivity contribution in [2.75, 3.05) is 6.54 Å². The zero-order chi connectivity index (χ0) is 14.3. The van der Waals surface area contributed by atoms with Crippen molar-refractivity contribution in [2.45, 2.75) is 19.4 Å². The molecule has 3 rings (SSSR count). The lowest BCUT2D eigenvalue weighted by molar-refractivity contribution is 0.650. The minimum atomic E-state index is 0.916. The minimum absolute atomic E-state index is 0.916. The van der Waals surface area contributed by atoms with Crippen molar-refractivity contribution in [3.8, 4) is 0 Å². The second kappa shape index (κ2) is 7.00. The van der Waals surface area contributed by atoms with Crippen LogP contribution in [0.3, 0.4) is 0 Å². The van der Waals surface area contributed by atoms with Crippen LogP contribution in [0.25, 0.3) is 10.9 Å². The molecule has 1 N–H and O–H groups in total. The van der Waals surface area contributed by atoms with Crippen molar-refractivity contribution in [3.05, 3.63) is 78.0 Å². The van der Waals surface area contributed by atoms with Gasteiger partial charge in [-0.3, -0.25) is 4.98 Å². The molecule has 0 aliphatic carbocycles. The van der Waals surface area contributed by atoms with E-state index in [1.54, 1.807) is 0 Å². The van der Waals surface area contributed by atoms with Crippen LogP contribution < -0.4 is 5.32 Å². The van der Waals surface area contributed by atoms with E-state index in [-0.39, 0.29) is 0 Å². The molecule has 0 saturated heterocycles. The second-order valence-electron chi connectivity index (χ2n) is 5.30. The Labute approximate surface area is 125 Å². The van der Waals surface area contributed by atoms with Gasteiger partial charge in [-0.25, -0.2) is 0 Å². The summed E-state index contributed by atoms with van der Waals surface area (Å²) in [6, 6.07) is 21.2. The lowest BCUT2D eigenvalue weighted by Crippen LogP contribution is -2.15. The Kier molecular flexibility index (Phi) is 4.59. The first-order chi connectivity index (χ1) is 10.4. The number of nitrogens with one attached hydrogen (secondary N) is 1. The molecule has 1 heterocycles. The third-order valence-corrected chi connectivity index (χ3v) is 3.66. The summed E-state index contributed by atoms with van der Waals surface area (Å²) in [5.74, 6) is 0. The summed E-state index contributed by atoms with van der Waals surface area (Å²) in [5.41, 5.74) is 3.79. The van der Waals surface area contributed by atoms with Gasteiger partial charge in [-0.2, -0.15) is 0 Å². The van der Waals surface area contributed by atoms with Gasteiger partial charge in [0.2, 0.25) is 0 Å². The van der Waals surface area contributed by atoms with Gasteiger partial charge in [0.15, 0.2) is 0 Å². The molecule has 0 bridgehead atoms. The van der Waals surface area contributed by atoms with Crippen LogP contribution in [0.1, 0.15) is 17.5 Å². The fourth-order valence-corrected chi connectivity index (χ4v) is 2.53. The highest BCUT2D eigenvalue weighted by Crippen LogP contribution is 2.13. The summed E-state index contributed by atoms with van der Waals surface area (Å²) in [5, 5.41) is 4.73. The Bertz CT molecular complexity index is 692. The molecule has 0 aliphatic rings. The molecule has 0 amide bonds. The van der Waals surface area contributed by atoms with Crippen LogP contribution in [0.2, 0.25) is 0 Å². The van der Waals surface area contributed by atoms with Crippen LogP contribution >= 0.6 is 0 Å². The van der Waals surface area contributed by atoms with E-state index < -0.39 is 0 Å². The van der Waals surface area contributed by atoms with Crippen LogP contribution in [0.15, 0.2) is 66.9 Å². The van der Waals surface area contributed by atoms with E-state index in [9.17, 15) is 0 Å². The molecule has 21 heavy (non-hydrogen) atoms. The molecule has 0 saturated carbocycles. The maximum absolute atomic E-state index is 4.35. The van der Waals surface area contributed by atoms with Crippen molar-refractivity contribution < 1.29 is 0 Å². The molecule has 0 spiro atoms. The third kappa shape index (κ3) is 3.89. The Morgan fingerprint density at radius 3 is 2.67 bits per heavy atom. The van der Waals surface area contributed by atoms with E-state index in [1.165, 1.54) is 22.9 Å². The van der Waals surface area contributed by atoms with E-state index >= 15 is 0 Å². The average Bonchev–Trinajstić information content (AvgIpc) is 2.55. The van der Waals surface area contributed by atoms with Crippen molar-refractivity contribution in [2.24, 2.45) is 0 Å². The van der Waals surface area contributed by atoms with Gasteiger partial charge in [-0.15, -0.1) is 0 Å². The molecule has 3 aromatic rings. The maximum atomic E-state index is 4.35. The van der Waals surface area contributed by atoms with Crippen LogP contribution in [0.4, 0.5) is 0 Å². The smallest absolute Gasteiger partial charge is 0.0702 e. The SMILES string of the molecule is c1ccc(CCCNCc2ccc3ncccc3c2)cc1. The van der Waals surface area contributed by atoms with Crippen molar-refractivity contribution in [1.29, 1.82) is 0 Å². The summed E-state index contributed by atoms with van der Waals surface area (Å²) in [6.07, 6.45) is 4.14. The third-order valence-electron chi connectivity index (χ3n) is 3.66. The van der Waals surface area contributed by atoms with Crippen LogP contribution in [-0.4, -0.2) is 11.5 Å². The van der Waals surface area contributed by atoms with Gasteiger partial charge in [0.05, 0.1) is 5.52 Å². The van der Waals surface area contributed by atoms with E-state index in [2.05, 4.69) is 64.9 Å². The van der Waals surface area contributed by atoms with Gasteiger partial charge in [0.25, 0.3) is 0 Å². The number of nitrogens with zero attached hydrogens (tertiary/aromatic N) is 1. The topological polar surface area (TPSA) is 24.9 Å². The Hall–Kier alpha value is -2.19. The van der Waals surface area contributed by atoms with Gasteiger partial charge < -0.3 is 5.32 Å². The molecular weight excluding hydrogens is 256 g/mol. The molecule has 2 heteroatoms. The van der Waals surface area contributed by atoms with Gasteiger partial charge in [-0.05, 0) is 48.7 Å². The normalized spacial score (nSPS) is 10.9. The fourth-order valence-electron chi connectivity index (χ4n) is 2.53. The van der Waals surface area contributed by atoms with Crippen molar-refractivity contribution in [3.63, 3.8) is 0 Å². The molecule has 0 fully saturated rings. The average molecular weight is 276 g/mol. The number of aromatic nitrogens is 1. The minimum Gasteiger partial charge on any atom is -0.313 e. The molecular formula is C19H20N2. The fraction of sp³-hybridized carbons (Fsp3) is 0.211. The summed E-state index contributed by atoms with van der Waals surface area (Å²) < 4.78 is 0. The zero-order valence-electron chi connectivity index (χ0n) is 12.1. The number of fused-ring (bicyclic) bond motifs is 1. The van der Waals surface area contributed by atoms with Gasteiger partial charge in [0.1, 0.15) is 0 Å². The predicted molar refractivity (Wildman–Crippen MR) is 88.2 cm³/mol. The standard InChI is InChI=1S/C19H20N2/c1-2-6-16(7-3-1)8-4-12-20-15-17-10-11-19-18(14-17)9-5-13-21-19/h1-3,5-7,9-11,13-14,20H,4,8,12,15H2. The van der Waals surface area contributed by atoms with Gasteiger partial charge in [0, 0.05) is 18.1 Å². The molecule has 0 unspecified atom stereocenters. The highest BCUT2D eigenvalue weighted by molar-refractivity contribution is 5.78. The number of benzene rings is 2. The molecule has 0 atom stereocenters. The lowest BCUT2D eigenvalue weighted by atomic mass is 10.1. The molecule has 0 radical (unpaired) electrons. The number of aryl methyl sites for hydroxylation is 1.